The van der Waals surface area contributed by atoms with E-state index in [1.807, 2.05) is 23.9 Å². The van der Waals surface area contributed by atoms with E-state index in [-0.39, 0.29) is 17.2 Å². The number of benzene rings is 1. The molecule has 1 saturated heterocycles. The maximum absolute atomic E-state index is 11.9. The zero-order valence-electron chi connectivity index (χ0n) is 12.7. The first-order valence-corrected chi connectivity index (χ1v) is 9.44. The molecule has 23 heavy (non-hydrogen) atoms. The van der Waals surface area contributed by atoms with Crippen molar-refractivity contribution in [1.82, 2.24) is 4.98 Å². The first-order valence-electron chi connectivity index (χ1n) is 7.91. The Morgan fingerprint density at radius 3 is 3.13 bits per heavy atom. The third kappa shape index (κ3) is 2.65. The molecule has 3 N–H and O–H groups in total. The van der Waals surface area contributed by atoms with Gasteiger partial charge in [-0.2, -0.15) is 11.8 Å². The summed E-state index contributed by atoms with van der Waals surface area (Å²) in [5.41, 5.74) is 6.21. The Labute approximate surface area is 143 Å². The minimum atomic E-state index is -0.279. The summed E-state index contributed by atoms with van der Waals surface area (Å²) in [5, 5.41) is 1.87. The van der Waals surface area contributed by atoms with E-state index in [9.17, 15) is 4.79 Å². The zero-order valence-corrected chi connectivity index (χ0v) is 14.3. The van der Waals surface area contributed by atoms with Crippen LogP contribution in [-0.2, 0) is 0 Å². The Kier molecular flexibility index (Phi) is 3.82. The number of hydrogen-bond donors (Lipinski definition) is 2. The number of aromatic amines is 1. The SMILES string of the molecule is NC12CCCC(CSC1)C2Oc1cc2cc[nH]c(=O)c2cc1Cl. The molecule has 0 spiro atoms. The van der Waals surface area contributed by atoms with Gasteiger partial charge in [0.25, 0.3) is 5.56 Å². The number of nitrogens with one attached hydrogen (secondary N) is 1. The van der Waals surface area contributed by atoms with Gasteiger partial charge in [0.1, 0.15) is 11.9 Å². The Morgan fingerprint density at radius 2 is 2.30 bits per heavy atom. The largest absolute Gasteiger partial charge is 0.487 e. The molecule has 3 atom stereocenters. The van der Waals surface area contributed by atoms with E-state index in [4.69, 9.17) is 22.1 Å². The number of nitrogens with two attached hydrogens (primary N) is 1. The molecule has 1 aliphatic heterocycles. The van der Waals surface area contributed by atoms with Crippen molar-refractivity contribution in [2.45, 2.75) is 30.9 Å². The number of hydrogen-bond acceptors (Lipinski definition) is 4. The van der Waals surface area contributed by atoms with Crippen LogP contribution in [0.15, 0.2) is 29.2 Å². The molecule has 3 unspecified atom stereocenters. The fourth-order valence-corrected chi connectivity index (χ4v) is 5.47. The molecule has 4 rings (SSSR count). The molecule has 0 radical (unpaired) electrons. The molecule has 2 bridgehead atoms. The number of halogens is 1. The maximum atomic E-state index is 11.9. The molecule has 1 aliphatic carbocycles. The number of thioether (sulfide) groups is 1. The smallest absolute Gasteiger partial charge is 0.255 e. The highest BCUT2D eigenvalue weighted by Crippen LogP contribution is 2.43. The number of H-pyrrole nitrogens is 1. The summed E-state index contributed by atoms with van der Waals surface area (Å²) < 4.78 is 6.32. The fraction of sp³-hybridized carbons (Fsp3) is 0.471. The Bertz CT molecular complexity index is 797. The van der Waals surface area contributed by atoms with Gasteiger partial charge in [0, 0.05) is 23.3 Å². The molecule has 1 aromatic carbocycles. The van der Waals surface area contributed by atoms with Gasteiger partial charge in [0.05, 0.1) is 10.6 Å². The number of fused-ring (bicyclic) bond motifs is 3. The van der Waals surface area contributed by atoms with Crippen LogP contribution in [0.5, 0.6) is 5.75 Å². The van der Waals surface area contributed by atoms with Crippen LogP contribution in [0.1, 0.15) is 19.3 Å². The number of pyridine rings is 1. The predicted octanol–water partition coefficient (Wildman–Crippen LogP) is 3.17. The highest BCUT2D eigenvalue weighted by atomic mass is 35.5. The van der Waals surface area contributed by atoms with E-state index in [1.54, 1.807) is 12.3 Å². The van der Waals surface area contributed by atoms with Crippen molar-refractivity contribution in [3.05, 3.63) is 39.8 Å². The second-order valence-electron chi connectivity index (χ2n) is 6.62. The maximum Gasteiger partial charge on any atom is 0.255 e. The van der Waals surface area contributed by atoms with Gasteiger partial charge in [0.2, 0.25) is 0 Å². The topological polar surface area (TPSA) is 68.1 Å². The lowest BCUT2D eigenvalue weighted by atomic mass is 9.75. The summed E-state index contributed by atoms with van der Waals surface area (Å²) in [6, 6.07) is 5.39. The lowest BCUT2D eigenvalue weighted by Crippen LogP contribution is -2.63. The molecule has 4 nitrogen and oxygen atoms in total. The van der Waals surface area contributed by atoms with Gasteiger partial charge in [-0.05, 0) is 42.2 Å². The normalized spacial score (nSPS) is 30.3. The van der Waals surface area contributed by atoms with E-state index in [0.717, 1.165) is 29.7 Å². The van der Waals surface area contributed by atoms with Gasteiger partial charge >= 0.3 is 0 Å². The number of aromatic nitrogens is 1. The monoisotopic (exact) mass is 350 g/mol. The molecule has 122 valence electrons. The molecule has 2 heterocycles. The Balaban J connectivity index is 1.72. The molecule has 6 heteroatoms. The lowest BCUT2D eigenvalue weighted by molar-refractivity contribution is 0.0348. The van der Waals surface area contributed by atoms with Gasteiger partial charge in [-0.25, -0.2) is 0 Å². The zero-order chi connectivity index (χ0) is 16.0. The third-order valence-corrected chi connectivity index (χ3v) is 6.70. The second-order valence-corrected chi connectivity index (χ2v) is 8.05. The summed E-state index contributed by atoms with van der Waals surface area (Å²) in [6.07, 6.45) is 4.95. The average Bonchev–Trinajstić information content (AvgIpc) is 2.50. The minimum absolute atomic E-state index is 0.00514. The summed E-state index contributed by atoms with van der Waals surface area (Å²) in [4.78, 5) is 14.5. The van der Waals surface area contributed by atoms with Crippen molar-refractivity contribution >= 4 is 34.1 Å². The van der Waals surface area contributed by atoms with E-state index in [1.165, 1.54) is 6.42 Å². The van der Waals surface area contributed by atoms with Crippen LogP contribution in [0.2, 0.25) is 5.02 Å². The van der Waals surface area contributed by atoms with E-state index >= 15 is 0 Å². The number of rotatable bonds is 2. The molecular weight excluding hydrogens is 332 g/mol. The van der Waals surface area contributed by atoms with Gasteiger partial charge in [-0.15, -0.1) is 0 Å². The van der Waals surface area contributed by atoms with Crippen LogP contribution in [0.4, 0.5) is 0 Å². The number of ether oxygens (including phenoxy) is 1. The molecule has 2 aromatic rings. The van der Waals surface area contributed by atoms with Crippen molar-refractivity contribution in [2.75, 3.05) is 11.5 Å². The van der Waals surface area contributed by atoms with Gasteiger partial charge in [-0.1, -0.05) is 18.0 Å². The molecular formula is C17H19ClN2O2S. The highest BCUT2D eigenvalue weighted by molar-refractivity contribution is 7.99. The van der Waals surface area contributed by atoms with Crippen LogP contribution >= 0.6 is 23.4 Å². The van der Waals surface area contributed by atoms with Crippen LogP contribution in [-0.4, -0.2) is 28.1 Å². The van der Waals surface area contributed by atoms with Gasteiger partial charge < -0.3 is 15.5 Å². The second kappa shape index (κ2) is 5.72. The van der Waals surface area contributed by atoms with Gasteiger partial charge in [0.15, 0.2) is 0 Å². The fourth-order valence-electron chi connectivity index (χ4n) is 3.81. The van der Waals surface area contributed by atoms with E-state index in [2.05, 4.69) is 4.98 Å². The molecule has 0 amide bonds. The minimum Gasteiger partial charge on any atom is -0.487 e. The van der Waals surface area contributed by atoms with Crippen molar-refractivity contribution in [3.63, 3.8) is 0 Å². The lowest BCUT2D eigenvalue weighted by Gasteiger charge is -2.48. The van der Waals surface area contributed by atoms with Crippen molar-refractivity contribution in [1.29, 1.82) is 0 Å². The Morgan fingerprint density at radius 1 is 1.43 bits per heavy atom. The molecule has 2 fully saturated rings. The van der Waals surface area contributed by atoms with Crippen molar-refractivity contribution < 1.29 is 4.74 Å². The van der Waals surface area contributed by atoms with E-state index in [0.29, 0.717) is 22.1 Å². The molecule has 2 aliphatic rings. The summed E-state index contributed by atoms with van der Waals surface area (Å²) >= 11 is 8.30. The van der Waals surface area contributed by atoms with Crippen LogP contribution < -0.4 is 16.0 Å². The summed E-state index contributed by atoms with van der Waals surface area (Å²) in [5.74, 6) is 3.12. The van der Waals surface area contributed by atoms with Crippen molar-refractivity contribution in [2.24, 2.45) is 11.7 Å². The average molecular weight is 351 g/mol. The van der Waals surface area contributed by atoms with Crippen LogP contribution in [0.25, 0.3) is 10.8 Å². The molecule has 1 aromatic heterocycles. The quantitative estimate of drug-likeness (QED) is 0.872. The highest BCUT2D eigenvalue weighted by Gasteiger charge is 2.47. The van der Waals surface area contributed by atoms with Crippen molar-refractivity contribution in [3.8, 4) is 5.75 Å². The predicted molar refractivity (Wildman–Crippen MR) is 95.6 cm³/mol. The van der Waals surface area contributed by atoms with Gasteiger partial charge in [-0.3, -0.25) is 4.79 Å². The van der Waals surface area contributed by atoms with E-state index < -0.39 is 0 Å². The first kappa shape index (κ1) is 15.4. The third-order valence-electron chi connectivity index (χ3n) is 4.99. The van der Waals surface area contributed by atoms with Crippen LogP contribution in [0, 0.1) is 5.92 Å². The standard InChI is InChI=1S/C17H19ClN2O2S/c18-13-7-12-10(3-5-20-16(12)21)6-14(13)22-15-11-2-1-4-17(15,19)9-23-8-11/h3,5-7,11,15H,1-2,4,8-9,19H2,(H,20,21). The first-order chi connectivity index (χ1) is 11.1. The summed E-state index contributed by atoms with van der Waals surface area (Å²) in [6.45, 7) is 0. The summed E-state index contributed by atoms with van der Waals surface area (Å²) in [7, 11) is 0. The molecule has 1 saturated carbocycles. The van der Waals surface area contributed by atoms with Crippen LogP contribution in [0.3, 0.4) is 0 Å². The Hall–Kier alpha value is -1.17.